The minimum Gasteiger partial charge on any atom is -0.465 e. The third-order valence-corrected chi connectivity index (χ3v) is 3.38. The van der Waals surface area contributed by atoms with Gasteiger partial charge in [0.25, 0.3) is 0 Å². The summed E-state index contributed by atoms with van der Waals surface area (Å²) in [6.07, 6.45) is 4.93. The van der Waals surface area contributed by atoms with Gasteiger partial charge in [0.15, 0.2) is 5.82 Å². The minimum atomic E-state index is -0.588. The van der Waals surface area contributed by atoms with Crippen molar-refractivity contribution in [1.29, 1.82) is 0 Å². The van der Waals surface area contributed by atoms with Crippen molar-refractivity contribution in [2.45, 2.75) is 51.7 Å². The number of esters is 2. The van der Waals surface area contributed by atoms with E-state index in [1.165, 1.54) is 6.42 Å². The number of carbonyl (C=O) groups is 2. The van der Waals surface area contributed by atoms with Crippen LogP contribution < -0.4 is 5.73 Å². The van der Waals surface area contributed by atoms with Crippen LogP contribution in [0.3, 0.4) is 0 Å². The first-order valence-corrected chi connectivity index (χ1v) is 7.17. The maximum Gasteiger partial charge on any atom is 0.363 e. The highest BCUT2D eigenvalue weighted by Crippen LogP contribution is 2.22. The number of carbonyl (C=O) groups excluding carboxylic acids is 2. The number of hydrogen-bond donors (Lipinski definition) is 1. The summed E-state index contributed by atoms with van der Waals surface area (Å²) in [5.41, 5.74) is 5.73. The van der Waals surface area contributed by atoms with Crippen molar-refractivity contribution in [3.8, 4) is 0 Å². The lowest BCUT2D eigenvalue weighted by Gasteiger charge is -2.21. The molecule has 0 unspecified atom stereocenters. The van der Waals surface area contributed by atoms with E-state index in [0.717, 1.165) is 30.4 Å². The largest absolute Gasteiger partial charge is 0.465 e. The molecular weight excluding hydrogens is 276 g/mol. The van der Waals surface area contributed by atoms with Crippen molar-refractivity contribution in [2.75, 3.05) is 12.3 Å². The number of hydrogen-bond acceptors (Lipinski definition) is 7. The highest BCUT2D eigenvalue weighted by molar-refractivity contribution is 5.92. The van der Waals surface area contributed by atoms with Crippen LogP contribution in [0.4, 0.5) is 5.82 Å². The molecule has 21 heavy (non-hydrogen) atoms. The summed E-state index contributed by atoms with van der Waals surface area (Å²) in [5.74, 6) is -1.06. The molecule has 0 saturated heterocycles. The average Bonchev–Trinajstić information content (AvgIpc) is 2.81. The van der Waals surface area contributed by atoms with Crippen LogP contribution in [0.5, 0.6) is 0 Å². The smallest absolute Gasteiger partial charge is 0.363 e. The van der Waals surface area contributed by atoms with E-state index in [1.54, 1.807) is 6.92 Å². The average molecular weight is 296 g/mol. The van der Waals surface area contributed by atoms with Crippen LogP contribution in [0.1, 0.15) is 49.5 Å². The fourth-order valence-corrected chi connectivity index (χ4v) is 2.30. The number of ether oxygens (including phenoxy) is 2. The molecule has 116 valence electrons. The van der Waals surface area contributed by atoms with Crippen LogP contribution in [-0.2, 0) is 20.8 Å². The molecule has 0 amide bonds. The first-order valence-electron chi connectivity index (χ1n) is 7.17. The van der Waals surface area contributed by atoms with Crippen molar-refractivity contribution in [3.05, 3.63) is 5.69 Å². The molecular formula is C13H20N4O4. The molecule has 8 nitrogen and oxygen atoms in total. The molecule has 0 radical (unpaired) electrons. The Balaban J connectivity index is 1.98. The Labute approximate surface area is 122 Å². The van der Waals surface area contributed by atoms with Crippen molar-refractivity contribution >= 4 is 17.8 Å². The minimum absolute atomic E-state index is 0.0175. The third-order valence-electron chi connectivity index (χ3n) is 3.38. The molecule has 0 spiro atoms. The number of nitrogens with two attached hydrogens (primary N) is 1. The lowest BCUT2D eigenvalue weighted by atomic mass is 9.98. The first kappa shape index (κ1) is 15.3. The molecule has 0 aliphatic heterocycles. The molecule has 2 rings (SSSR count). The second kappa shape index (κ2) is 7.05. The molecule has 0 atom stereocenters. The monoisotopic (exact) mass is 296 g/mol. The summed E-state index contributed by atoms with van der Waals surface area (Å²) in [5, 5.41) is 7.39. The zero-order valence-corrected chi connectivity index (χ0v) is 12.1. The fraction of sp³-hybridized carbons (Fsp3) is 0.692. The van der Waals surface area contributed by atoms with Gasteiger partial charge in [-0.1, -0.05) is 11.6 Å². The highest BCUT2D eigenvalue weighted by atomic mass is 16.5. The van der Waals surface area contributed by atoms with E-state index >= 15 is 0 Å². The van der Waals surface area contributed by atoms with Crippen molar-refractivity contribution in [3.63, 3.8) is 0 Å². The van der Waals surface area contributed by atoms with Crippen LogP contribution in [0.15, 0.2) is 0 Å². The predicted molar refractivity (Wildman–Crippen MR) is 73.4 cm³/mol. The van der Waals surface area contributed by atoms with Gasteiger partial charge in [0.1, 0.15) is 12.6 Å². The lowest BCUT2D eigenvalue weighted by molar-refractivity contribution is -0.144. The molecule has 2 N–H and O–H groups in total. The lowest BCUT2D eigenvalue weighted by Crippen LogP contribution is -2.22. The molecule has 1 saturated carbocycles. The summed E-state index contributed by atoms with van der Waals surface area (Å²) >= 11 is 0. The van der Waals surface area contributed by atoms with Crippen molar-refractivity contribution in [2.24, 2.45) is 0 Å². The standard InChI is InChI=1S/C13H20N4O4/c1-2-20-10(18)8-17-12(14)11(15-16-17)13(19)21-9-6-4-3-5-7-9/h9H,2-8,14H2,1H3. The first-order chi connectivity index (χ1) is 10.1. The van der Waals surface area contributed by atoms with Crippen LogP contribution in [-0.4, -0.2) is 39.6 Å². The summed E-state index contributed by atoms with van der Waals surface area (Å²) in [7, 11) is 0. The Kier molecular flexibility index (Phi) is 5.13. The van der Waals surface area contributed by atoms with Crippen molar-refractivity contribution < 1.29 is 19.1 Å². The maximum atomic E-state index is 12.0. The van der Waals surface area contributed by atoms with E-state index in [4.69, 9.17) is 15.2 Å². The van der Waals surface area contributed by atoms with Gasteiger partial charge in [-0.2, -0.15) is 0 Å². The van der Waals surface area contributed by atoms with Crippen LogP contribution in [0.25, 0.3) is 0 Å². The normalized spacial score (nSPS) is 15.7. The van der Waals surface area contributed by atoms with Crippen LogP contribution in [0.2, 0.25) is 0 Å². The van der Waals surface area contributed by atoms with Gasteiger partial charge in [0.05, 0.1) is 6.61 Å². The van der Waals surface area contributed by atoms with E-state index in [1.807, 2.05) is 0 Å². The molecule has 1 aliphatic rings. The summed E-state index contributed by atoms with van der Waals surface area (Å²) in [6, 6.07) is 0. The van der Waals surface area contributed by atoms with E-state index < -0.39 is 11.9 Å². The molecule has 1 aromatic heterocycles. The molecule has 0 bridgehead atoms. The van der Waals surface area contributed by atoms with Gasteiger partial charge in [0, 0.05) is 0 Å². The molecule has 1 aromatic rings. The van der Waals surface area contributed by atoms with Crippen molar-refractivity contribution in [1.82, 2.24) is 15.0 Å². The Hall–Kier alpha value is -2.12. The number of nitrogens with zero attached hydrogens (tertiary/aromatic N) is 3. The van der Waals surface area contributed by atoms with E-state index in [0.29, 0.717) is 0 Å². The quantitative estimate of drug-likeness (QED) is 0.804. The van der Waals surface area contributed by atoms with Gasteiger partial charge in [-0.05, 0) is 32.6 Å². The predicted octanol–water partition coefficient (Wildman–Crippen LogP) is 0.913. The second-order valence-electron chi connectivity index (χ2n) is 4.95. The topological polar surface area (TPSA) is 109 Å². The molecule has 1 heterocycles. The van der Waals surface area contributed by atoms with Gasteiger partial charge >= 0.3 is 11.9 Å². The van der Waals surface area contributed by atoms with E-state index in [2.05, 4.69) is 10.3 Å². The molecule has 1 aliphatic carbocycles. The second-order valence-corrected chi connectivity index (χ2v) is 4.95. The third kappa shape index (κ3) is 3.93. The maximum absolute atomic E-state index is 12.0. The Morgan fingerprint density at radius 3 is 2.71 bits per heavy atom. The Morgan fingerprint density at radius 2 is 2.05 bits per heavy atom. The summed E-state index contributed by atoms with van der Waals surface area (Å²) in [6.45, 7) is 1.79. The van der Waals surface area contributed by atoms with Gasteiger partial charge in [0.2, 0.25) is 5.69 Å². The fourth-order valence-electron chi connectivity index (χ4n) is 2.30. The van der Waals surface area contributed by atoms with Gasteiger partial charge in [-0.25, -0.2) is 9.48 Å². The van der Waals surface area contributed by atoms with E-state index in [9.17, 15) is 9.59 Å². The highest BCUT2D eigenvalue weighted by Gasteiger charge is 2.24. The number of anilines is 1. The Bertz CT molecular complexity index is 508. The van der Waals surface area contributed by atoms with Gasteiger partial charge in [-0.15, -0.1) is 5.10 Å². The zero-order chi connectivity index (χ0) is 15.2. The molecule has 0 aromatic carbocycles. The number of rotatable bonds is 5. The Morgan fingerprint density at radius 1 is 1.33 bits per heavy atom. The van der Waals surface area contributed by atoms with Crippen LogP contribution in [0, 0.1) is 0 Å². The van der Waals surface area contributed by atoms with Gasteiger partial charge < -0.3 is 15.2 Å². The zero-order valence-electron chi connectivity index (χ0n) is 12.1. The summed E-state index contributed by atoms with van der Waals surface area (Å²) in [4.78, 5) is 23.4. The van der Waals surface area contributed by atoms with Crippen LogP contribution >= 0.6 is 0 Å². The van der Waals surface area contributed by atoms with E-state index in [-0.39, 0.29) is 30.8 Å². The molecule has 1 fully saturated rings. The van der Waals surface area contributed by atoms with Gasteiger partial charge in [-0.3, -0.25) is 4.79 Å². The summed E-state index contributed by atoms with van der Waals surface area (Å²) < 4.78 is 11.3. The number of nitrogen functional groups attached to an aromatic ring is 1. The SMILES string of the molecule is CCOC(=O)Cn1nnc(C(=O)OC2CCCCC2)c1N. The molecule has 8 heteroatoms. The number of aromatic nitrogens is 3.